The van der Waals surface area contributed by atoms with Gasteiger partial charge in [-0.3, -0.25) is 19.3 Å². The predicted octanol–water partition coefficient (Wildman–Crippen LogP) is 1.72. The number of nitrogens with zero attached hydrogens (tertiary/aromatic N) is 1. The van der Waals surface area contributed by atoms with Gasteiger partial charge in [-0.25, -0.2) is 0 Å². The Morgan fingerprint density at radius 3 is 2.42 bits per heavy atom. The van der Waals surface area contributed by atoms with Gasteiger partial charge >= 0.3 is 0 Å². The van der Waals surface area contributed by atoms with E-state index in [0.717, 1.165) is 5.56 Å². The van der Waals surface area contributed by atoms with Gasteiger partial charge in [0.1, 0.15) is 5.78 Å². The minimum Gasteiger partial charge on any atom is -0.300 e. The van der Waals surface area contributed by atoms with Crippen molar-refractivity contribution in [2.45, 2.75) is 38.1 Å². The Labute approximate surface area is 111 Å². The maximum atomic E-state index is 12.4. The number of carbonyl (C=O) groups is 3. The van der Waals surface area contributed by atoms with E-state index in [4.69, 9.17) is 0 Å². The predicted molar refractivity (Wildman–Crippen MR) is 68.6 cm³/mol. The molecule has 2 aliphatic rings. The van der Waals surface area contributed by atoms with E-state index in [2.05, 4.69) is 0 Å². The van der Waals surface area contributed by atoms with Crippen LogP contribution in [0, 0.1) is 0 Å². The fourth-order valence-corrected chi connectivity index (χ4v) is 2.93. The Balaban J connectivity index is 1.89. The summed E-state index contributed by atoms with van der Waals surface area (Å²) in [6.07, 6.45) is 2.45. The number of rotatable bonds is 1. The van der Waals surface area contributed by atoms with Crippen LogP contribution in [0.4, 0.5) is 0 Å². The molecule has 0 radical (unpaired) electrons. The van der Waals surface area contributed by atoms with E-state index in [9.17, 15) is 14.4 Å². The third kappa shape index (κ3) is 2.07. The van der Waals surface area contributed by atoms with Crippen LogP contribution in [0.5, 0.6) is 0 Å². The zero-order chi connectivity index (χ0) is 13.4. The van der Waals surface area contributed by atoms with Crippen molar-refractivity contribution in [1.82, 2.24) is 4.90 Å². The first-order chi connectivity index (χ1) is 9.16. The van der Waals surface area contributed by atoms with Gasteiger partial charge in [0.25, 0.3) is 5.91 Å². The zero-order valence-corrected chi connectivity index (χ0v) is 10.6. The van der Waals surface area contributed by atoms with Crippen LogP contribution >= 0.6 is 0 Å². The number of fused-ring (bicyclic) bond motifs is 1. The summed E-state index contributed by atoms with van der Waals surface area (Å²) in [5.41, 5.74) is 1.43. The van der Waals surface area contributed by atoms with Crippen LogP contribution in [0.15, 0.2) is 24.3 Å². The summed E-state index contributed by atoms with van der Waals surface area (Å²) in [6, 6.07) is 7.15. The molecule has 19 heavy (non-hydrogen) atoms. The summed E-state index contributed by atoms with van der Waals surface area (Å²) in [5.74, 6) is -0.109. The second kappa shape index (κ2) is 4.61. The fourth-order valence-electron chi connectivity index (χ4n) is 2.93. The molecular formula is C15H15NO3. The quantitative estimate of drug-likeness (QED) is 0.720. The molecule has 1 aliphatic heterocycles. The Hall–Kier alpha value is -1.97. The molecule has 1 aromatic rings. The van der Waals surface area contributed by atoms with Gasteiger partial charge in [0, 0.05) is 24.4 Å². The van der Waals surface area contributed by atoms with Crippen LogP contribution in [0.3, 0.4) is 0 Å². The first kappa shape index (κ1) is 12.1. The third-order valence-electron chi connectivity index (χ3n) is 3.95. The number of hydrogen-bond acceptors (Lipinski definition) is 3. The molecule has 3 rings (SSSR count). The molecule has 0 unspecified atom stereocenters. The van der Waals surface area contributed by atoms with Crippen LogP contribution < -0.4 is 0 Å². The highest BCUT2D eigenvalue weighted by molar-refractivity contribution is 6.10. The molecule has 1 aromatic carbocycles. The molecule has 1 heterocycles. The molecule has 2 amide bonds. The van der Waals surface area contributed by atoms with Crippen molar-refractivity contribution in [3.63, 3.8) is 0 Å². The van der Waals surface area contributed by atoms with Gasteiger partial charge in [0.05, 0.1) is 6.42 Å². The molecule has 1 aliphatic carbocycles. The van der Waals surface area contributed by atoms with Crippen LogP contribution in [-0.2, 0) is 16.0 Å². The lowest BCUT2D eigenvalue weighted by Gasteiger charge is -2.35. The van der Waals surface area contributed by atoms with Gasteiger partial charge in [-0.1, -0.05) is 18.2 Å². The third-order valence-corrected chi connectivity index (χ3v) is 3.95. The van der Waals surface area contributed by atoms with Gasteiger partial charge in [0.2, 0.25) is 5.91 Å². The highest BCUT2D eigenvalue weighted by atomic mass is 16.2. The minimum atomic E-state index is -0.203. The van der Waals surface area contributed by atoms with Crippen molar-refractivity contribution in [2.75, 3.05) is 0 Å². The van der Waals surface area contributed by atoms with Crippen LogP contribution in [0.25, 0.3) is 0 Å². The Bertz CT molecular complexity index is 554. The SMILES string of the molecule is O=C1CCC(N2C(=O)Cc3ccccc3C2=O)CC1. The molecule has 0 bridgehead atoms. The summed E-state index contributed by atoms with van der Waals surface area (Å²) >= 11 is 0. The molecule has 4 heteroatoms. The zero-order valence-electron chi connectivity index (χ0n) is 10.6. The van der Waals surface area contributed by atoms with Crippen LogP contribution in [0.1, 0.15) is 41.6 Å². The van der Waals surface area contributed by atoms with Crippen molar-refractivity contribution in [1.29, 1.82) is 0 Å². The van der Waals surface area contributed by atoms with Crippen molar-refractivity contribution in [3.05, 3.63) is 35.4 Å². The summed E-state index contributed by atoms with van der Waals surface area (Å²) < 4.78 is 0. The molecule has 1 saturated carbocycles. The lowest BCUT2D eigenvalue weighted by molar-refractivity contribution is -0.132. The molecule has 0 spiro atoms. The Kier molecular flexibility index (Phi) is 2.93. The first-order valence-corrected chi connectivity index (χ1v) is 6.63. The molecule has 1 fully saturated rings. The van der Waals surface area contributed by atoms with Gasteiger partial charge in [-0.05, 0) is 24.5 Å². The first-order valence-electron chi connectivity index (χ1n) is 6.63. The van der Waals surface area contributed by atoms with Crippen molar-refractivity contribution < 1.29 is 14.4 Å². The van der Waals surface area contributed by atoms with Crippen molar-refractivity contribution >= 4 is 17.6 Å². The lowest BCUT2D eigenvalue weighted by atomic mass is 9.90. The molecule has 0 atom stereocenters. The average molecular weight is 257 g/mol. The number of carbonyl (C=O) groups excluding carboxylic acids is 3. The van der Waals surface area contributed by atoms with Crippen molar-refractivity contribution in [3.8, 4) is 0 Å². The van der Waals surface area contributed by atoms with E-state index in [0.29, 0.717) is 31.2 Å². The molecule has 0 aromatic heterocycles. The molecule has 0 saturated heterocycles. The van der Waals surface area contributed by atoms with E-state index in [1.807, 2.05) is 18.2 Å². The smallest absolute Gasteiger partial charge is 0.261 e. The number of hydrogen-bond donors (Lipinski definition) is 0. The normalized spacial score (nSPS) is 20.6. The highest BCUT2D eigenvalue weighted by Crippen LogP contribution is 2.27. The largest absolute Gasteiger partial charge is 0.300 e. The van der Waals surface area contributed by atoms with Gasteiger partial charge in [-0.15, -0.1) is 0 Å². The Morgan fingerprint density at radius 1 is 1.00 bits per heavy atom. The van der Waals surface area contributed by atoms with E-state index in [-0.39, 0.29) is 30.1 Å². The van der Waals surface area contributed by atoms with E-state index in [1.54, 1.807) is 6.07 Å². The number of Topliss-reactive ketones (excluding diaryl/α,β-unsaturated/α-hetero) is 1. The number of amides is 2. The van der Waals surface area contributed by atoms with Gasteiger partial charge in [0.15, 0.2) is 0 Å². The number of benzene rings is 1. The summed E-state index contributed by atoms with van der Waals surface area (Å²) in [7, 11) is 0. The number of ketones is 1. The van der Waals surface area contributed by atoms with Crippen LogP contribution in [-0.4, -0.2) is 28.5 Å². The van der Waals surface area contributed by atoms with E-state index >= 15 is 0 Å². The Morgan fingerprint density at radius 2 is 1.68 bits per heavy atom. The fraction of sp³-hybridized carbons (Fsp3) is 0.400. The maximum Gasteiger partial charge on any atom is 0.261 e. The van der Waals surface area contributed by atoms with Gasteiger partial charge < -0.3 is 0 Å². The van der Waals surface area contributed by atoms with Crippen molar-refractivity contribution in [2.24, 2.45) is 0 Å². The monoisotopic (exact) mass is 257 g/mol. The minimum absolute atomic E-state index is 0.106. The average Bonchev–Trinajstić information content (AvgIpc) is 2.41. The second-order valence-electron chi connectivity index (χ2n) is 5.17. The molecule has 0 N–H and O–H groups in total. The molecular weight excluding hydrogens is 242 g/mol. The molecule has 4 nitrogen and oxygen atoms in total. The maximum absolute atomic E-state index is 12.4. The number of imide groups is 1. The van der Waals surface area contributed by atoms with E-state index < -0.39 is 0 Å². The summed E-state index contributed by atoms with van der Waals surface area (Å²) in [5, 5.41) is 0. The summed E-state index contributed by atoms with van der Waals surface area (Å²) in [4.78, 5) is 37.2. The van der Waals surface area contributed by atoms with E-state index in [1.165, 1.54) is 4.90 Å². The summed E-state index contributed by atoms with van der Waals surface area (Å²) in [6.45, 7) is 0. The highest BCUT2D eigenvalue weighted by Gasteiger charge is 2.37. The van der Waals surface area contributed by atoms with Crippen LogP contribution in [0.2, 0.25) is 0 Å². The van der Waals surface area contributed by atoms with Gasteiger partial charge in [-0.2, -0.15) is 0 Å². The topological polar surface area (TPSA) is 54.5 Å². The second-order valence-corrected chi connectivity index (χ2v) is 5.17. The lowest BCUT2D eigenvalue weighted by Crippen LogP contribution is -2.49. The molecule has 98 valence electrons. The standard InChI is InChI=1S/C15H15NO3/c17-12-7-5-11(6-8-12)16-14(18)9-10-3-1-2-4-13(10)15(16)19/h1-4,11H,5-9H2.